The number of nitrogens with zero attached hydrogens (tertiary/aromatic N) is 2. The lowest BCUT2D eigenvalue weighted by Gasteiger charge is -2.34. The van der Waals surface area contributed by atoms with E-state index in [2.05, 4.69) is 15.6 Å². The molecule has 24 heavy (non-hydrogen) atoms. The number of carbonyl (C=O) groups is 2. The quantitative estimate of drug-likeness (QED) is 0.886. The van der Waals surface area contributed by atoms with Gasteiger partial charge in [0.2, 0.25) is 0 Å². The Morgan fingerprint density at radius 2 is 1.92 bits per heavy atom. The van der Waals surface area contributed by atoms with Crippen molar-refractivity contribution in [3.8, 4) is 0 Å². The highest BCUT2D eigenvalue weighted by atomic mass is 16.6. The monoisotopic (exact) mass is 334 g/mol. The number of hydrogen-bond donors (Lipinski definition) is 2. The van der Waals surface area contributed by atoms with E-state index in [1.54, 1.807) is 24.2 Å². The fourth-order valence-electron chi connectivity index (χ4n) is 2.51. The van der Waals surface area contributed by atoms with Crippen molar-refractivity contribution < 1.29 is 14.3 Å². The molecule has 1 aromatic rings. The van der Waals surface area contributed by atoms with Crippen molar-refractivity contribution >= 4 is 17.7 Å². The summed E-state index contributed by atoms with van der Waals surface area (Å²) in [5.74, 6) is -0.202. The third kappa shape index (κ3) is 5.11. The number of piperidine rings is 1. The predicted octanol–water partition coefficient (Wildman–Crippen LogP) is 2.25. The van der Waals surface area contributed by atoms with Crippen LogP contribution in [0.15, 0.2) is 18.3 Å². The van der Waals surface area contributed by atoms with Crippen molar-refractivity contribution in [2.24, 2.45) is 0 Å². The van der Waals surface area contributed by atoms with Crippen LogP contribution in [-0.4, -0.2) is 53.7 Å². The van der Waals surface area contributed by atoms with E-state index in [9.17, 15) is 9.59 Å². The Kier molecular flexibility index (Phi) is 5.64. The Hall–Kier alpha value is -2.31. The van der Waals surface area contributed by atoms with Gasteiger partial charge in [-0.15, -0.1) is 0 Å². The second-order valence-electron chi connectivity index (χ2n) is 6.90. The van der Waals surface area contributed by atoms with Gasteiger partial charge >= 0.3 is 6.09 Å². The molecular formula is C17H26N4O3. The number of nitrogens with one attached hydrogen (secondary N) is 2. The SMILES string of the molecule is CNC(=O)c1ccc(NC2CCN(C(=O)OC(C)(C)C)CC2)cn1. The summed E-state index contributed by atoms with van der Waals surface area (Å²) < 4.78 is 5.40. The predicted molar refractivity (Wildman–Crippen MR) is 92.1 cm³/mol. The largest absolute Gasteiger partial charge is 0.444 e. The van der Waals surface area contributed by atoms with Crippen LogP contribution >= 0.6 is 0 Å². The van der Waals surface area contributed by atoms with Crippen molar-refractivity contribution in [1.29, 1.82) is 0 Å². The molecular weight excluding hydrogens is 308 g/mol. The summed E-state index contributed by atoms with van der Waals surface area (Å²) in [7, 11) is 1.58. The second kappa shape index (κ2) is 7.51. The number of ether oxygens (including phenoxy) is 1. The molecule has 7 nitrogen and oxygen atoms in total. The molecule has 0 unspecified atom stereocenters. The van der Waals surface area contributed by atoms with Crippen LogP contribution in [-0.2, 0) is 4.74 Å². The number of carbonyl (C=O) groups excluding carboxylic acids is 2. The number of aromatic nitrogens is 1. The lowest BCUT2D eigenvalue weighted by Crippen LogP contribution is -2.44. The van der Waals surface area contributed by atoms with Crippen molar-refractivity contribution in [3.63, 3.8) is 0 Å². The van der Waals surface area contributed by atoms with Crippen molar-refractivity contribution in [3.05, 3.63) is 24.0 Å². The molecule has 0 radical (unpaired) electrons. The van der Waals surface area contributed by atoms with Crippen molar-refractivity contribution in [2.75, 3.05) is 25.5 Å². The van der Waals surface area contributed by atoms with E-state index in [1.807, 2.05) is 26.8 Å². The summed E-state index contributed by atoms with van der Waals surface area (Å²) in [6.07, 6.45) is 3.09. The number of rotatable bonds is 3. The highest BCUT2D eigenvalue weighted by Gasteiger charge is 2.26. The summed E-state index contributed by atoms with van der Waals surface area (Å²) in [5.41, 5.74) is 0.797. The van der Waals surface area contributed by atoms with Crippen molar-refractivity contribution in [2.45, 2.75) is 45.3 Å². The van der Waals surface area contributed by atoms with Crippen LogP contribution in [0.25, 0.3) is 0 Å². The molecule has 0 aromatic carbocycles. The topological polar surface area (TPSA) is 83.6 Å². The molecule has 1 aromatic heterocycles. The smallest absolute Gasteiger partial charge is 0.410 e. The van der Waals surface area contributed by atoms with E-state index in [-0.39, 0.29) is 18.0 Å². The average Bonchev–Trinajstić information content (AvgIpc) is 2.54. The minimum Gasteiger partial charge on any atom is -0.444 e. The Bertz CT molecular complexity index is 572. The first-order valence-electron chi connectivity index (χ1n) is 8.21. The van der Waals surface area contributed by atoms with Gasteiger partial charge in [-0.25, -0.2) is 9.78 Å². The van der Waals surface area contributed by atoms with Crippen LogP contribution in [0.2, 0.25) is 0 Å². The molecule has 1 aliphatic rings. The molecule has 0 spiro atoms. The summed E-state index contributed by atoms with van der Waals surface area (Å²) in [6.45, 7) is 6.94. The van der Waals surface area contributed by atoms with Gasteiger partial charge in [0.25, 0.3) is 5.91 Å². The molecule has 1 aliphatic heterocycles. The Morgan fingerprint density at radius 3 is 2.42 bits per heavy atom. The van der Waals surface area contributed by atoms with Gasteiger partial charge in [-0.3, -0.25) is 4.79 Å². The van der Waals surface area contributed by atoms with E-state index in [1.165, 1.54) is 0 Å². The molecule has 0 atom stereocenters. The molecule has 2 heterocycles. The zero-order chi connectivity index (χ0) is 17.7. The van der Waals surface area contributed by atoms with E-state index >= 15 is 0 Å². The number of pyridine rings is 1. The highest BCUT2D eigenvalue weighted by molar-refractivity contribution is 5.92. The molecule has 0 saturated carbocycles. The maximum Gasteiger partial charge on any atom is 0.410 e. The maximum atomic E-state index is 12.0. The van der Waals surface area contributed by atoms with Gasteiger partial charge in [0.15, 0.2) is 0 Å². The normalized spacial score (nSPS) is 15.8. The van der Waals surface area contributed by atoms with Crippen LogP contribution in [0.1, 0.15) is 44.1 Å². The molecule has 2 amide bonds. The maximum absolute atomic E-state index is 12.0. The zero-order valence-corrected chi connectivity index (χ0v) is 14.8. The first-order chi connectivity index (χ1) is 11.3. The van der Waals surface area contributed by atoms with Crippen molar-refractivity contribution in [1.82, 2.24) is 15.2 Å². The molecule has 132 valence electrons. The second-order valence-corrected chi connectivity index (χ2v) is 6.90. The lowest BCUT2D eigenvalue weighted by atomic mass is 10.1. The summed E-state index contributed by atoms with van der Waals surface area (Å²) in [4.78, 5) is 29.4. The molecule has 2 N–H and O–H groups in total. The molecule has 0 aliphatic carbocycles. The standard InChI is InChI=1S/C17H26N4O3/c1-17(2,3)24-16(23)21-9-7-12(8-10-21)20-13-5-6-14(19-11-13)15(22)18-4/h5-6,11-12,20H,7-10H2,1-4H3,(H,18,22). The van der Waals surface area contributed by atoms with Gasteiger partial charge in [0.1, 0.15) is 11.3 Å². The molecule has 0 bridgehead atoms. The zero-order valence-electron chi connectivity index (χ0n) is 14.8. The fourth-order valence-corrected chi connectivity index (χ4v) is 2.51. The van der Waals surface area contributed by atoms with Gasteiger partial charge in [0, 0.05) is 26.2 Å². The summed E-state index contributed by atoms with van der Waals surface area (Å²) in [6, 6.07) is 3.81. The van der Waals surface area contributed by atoms with Gasteiger partial charge in [-0.1, -0.05) is 0 Å². The van der Waals surface area contributed by atoms with Crippen LogP contribution in [0.3, 0.4) is 0 Å². The lowest BCUT2D eigenvalue weighted by molar-refractivity contribution is 0.0210. The van der Waals surface area contributed by atoms with E-state index in [0.717, 1.165) is 18.5 Å². The van der Waals surface area contributed by atoms with Crippen LogP contribution in [0, 0.1) is 0 Å². The van der Waals surface area contributed by atoms with Gasteiger partial charge in [0.05, 0.1) is 11.9 Å². The molecule has 1 fully saturated rings. The van der Waals surface area contributed by atoms with Gasteiger partial charge < -0.3 is 20.3 Å². The van der Waals surface area contributed by atoms with Crippen LogP contribution in [0.4, 0.5) is 10.5 Å². The number of hydrogen-bond acceptors (Lipinski definition) is 5. The number of amides is 2. The van der Waals surface area contributed by atoms with Gasteiger partial charge in [-0.2, -0.15) is 0 Å². The summed E-state index contributed by atoms with van der Waals surface area (Å²) >= 11 is 0. The highest BCUT2D eigenvalue weighted by Crippen LogP contribution is 2.18. The number of likely N-dealkylation sites (tertiary alicyclic amines) is 1. The van der Waals surface area contributed by atoms with E-state index in [4.69, 9.17) is 4.74 Å². The third-order valence-electron chi connectivity index (χ3n) is 3.74. The van der Waals surface area contributed by atoms with Crippen LogP contribution < -0.4 is 10.6 Å². The minimum atomic E-state index is -0.468. The number of anilines is 1. The Labute approximate surface area is 142 Å². The van der Waals surface area contributed by atoms with Crippen LogP contribution in [0.5, 0.6) is 0 Å². The first kappa shape index (κ1) is 18.0. The van der Waals surface area contributed by atoms with E-state index < -0.39 is 5.60 Å². The minimum absolute atomic E-state index is 0.202. The molecule has 1 saturated heterocycles. The molecule has 2 rings (SSSR count). The first-order valence-corrected chi connectivity index (χ1v) is 8.21. The Morgan fingerprint density at radius 1 is 1.25 bits per heavy atom. The van der Waals surface area contributed by atoms with Gasteiger partial charge in [-0.05, 0) is 45.7 Å². The summed E-state index contributed by atoms with van der Waals surface area (Å²) in [5, 5.41) is 5.94. The van der Waals surface area contributed by atoms with E-state index in [0.29, 0.717) is 18.8 Å². The molecule has 7 heteroatoms. The average molecular weight is 334 g/mol. The Balaban J connectivity index is 1.82. The fraction of sp³-hybridized carbons (Fsp3) is 0.588. The third-order valence-corrected chi connectivity index (χ3v) is 3.74.